The van der Waals surface area contributed by atoms with Gasteiger partial charge in [0.25, 0.3) is 0 Å². The molecule has 1 aliphatic rings. The topological polar surface area (TPSA) is 3.24 Å². The zero-order valence-electron chi connectivity index (χ0n) is 12.5. The van der Waals surface area contributed by atoms with Gasteiger partial charge in [-0.25, -0.2) is 0 Å². The summed E-state index contributed by atoms with van der Waals surface area (Å²) < 4.78 is 0. The second kappa shape index (κ2) is 5.19. The van der Waals surface area contributed by atoms with E-state index in [1.807, 2.05) is 6.07 Å². The van der Waals surface area contributed by atoms with Crippen molar-refractivity contribution in [3.05, 3.63) is 94.4 Å². The molecule has 3 aromatic rings. The molecule has 3 aromatic carbocycles. The first-order chi connectivity index (χ1) is 10.8. The van der Waals surface area contributed by atoms with E-state index in [0.29, 0.717) is 0 Å². The summed E-state index contributed by atoms with van der Waals surface area (Å²) in [5, 5.41) is 2.54. The van der Waals surface area contributed by atoms with E-state index in [1.165, 1.54) is 32.9 Å². The number of benzene rings is 3. The molecule has 0 radical (unpaired) electrons. The van der Waals surface area contributed by atoms with E-state index in [0.717, 1.165) is 0 Å². The fraction of sp³-hybridized carbons (Fsp3) is 0.0476. The summed E-state index contributed by atoms with van der Waals surface area (Å²) in [6.45, 7) is 0. The molecule has 0 fully saturated rings. The van der Waals surface area contributed by atoms with Crippen LogP contribution in [0.1, 0.15) is 11.1 Å². The SMILES string of the molecule is CN1c2ccccc2C=c2c1cccc2=Cc1ccccc1. The van der Waals surface area contributed by atoms with Gasteiger partial charge in [0.05, 0.1) is 0 Å². The summed E-state index contributed by atoms with van der Waals surface area (Å²) in [5.41, 5.74) is 5.01. The zero-order valence-corrected chi connectivity index (χ0v) is 12.5. The first-order valence-corrected chi connectivity index (χ1v) is 7.53. The maximum atomic E-state index is 2.29. The molecular formula is C21H17N. The predicted molar refractivity (Wildman–Crippen MR) is 93.8 cm³/mol. The summed E-state index contributed by atoms with van der Waals surface area (Å²) in [6.07, 6.45) is 4.54. The Morgan fingerprint density at radius 3 is 2.32 bits per heavy atom. The number of anilines is 2. The smallest absolute Gasteiger partial charge is 0.0488 e. The third-order valence-corrected chi connectivity index (χ3v) is 4.20. The maximum absolute atomic E-state index is 2.29. The Bertz CT molecular complexity index is 939. The van der Waals surface area contributed by atoms with Gasteiger partial charge in [0.2, 0.25) is 0 Å². The highest BCUT2D eigenvalue weighted by molar-refractivity contribution is 5.80. The van der Waals surface area contributed by atoms with Crippen molar-refractivity contribution < 1.29 is 0 Å². The van der Waals surface area contributed by atoms with Gasteiger partial charge in [0.1, 0.15) is 0 Å². The van der Waals surface area contributed by atoms with Crippen LogP contribution in [-0.4, -0.2) is 7.05 Å². The number of fused-ring (bicyclic) bond motifs is 2. The second-order valence-electron chi connectivity index (χ2n) is 5.60. The van der Waals surface area contributed by atoms with Crippen LogP contribution in [0, 0.1) is 0 Å². The van der Waals surface area contributed by atoms with Crippen molar-refractivity contribution in [3.63, 3.8) is 0 Å². The van der Waals surface area contributed by atoms with Gasteiger partial charge in [-0.1, -0.05) is 60.7 Å². The molecule has 0 aromatic heterocycles. The highest BCUT2D eigenvalue weighted by atomic mass is 15.1. The summed E-state index contributed by atoms with van der Waals surface area (Å²) >= 11 is 0. The van der Waals surface area contributed by atoms with Crippen molar-refractivity contribution in [2.45, 2.75) is 0 Å². The molecule has 22 heavy (non-hydrogen) atoms. The van der Waals surface area contributed by atoms with E-state index >= 15 is 0 Å². The molecule has 0 aliphatic carbocycles. The molecule has 0 spiro atoms. The van der Waals surface area contributed by atoms with Gasteiger partial charge >= 0.3 is 0 Å². The van der Waals surface area contributed by atoms with Crippen LogP contribution in [0.4, 0.5) is 11.4 Å². The number of para-hydroxylation sites is 1. The number of hydrogen-bond acceptors (Lipinski definition) is 1. The van der Waals surface area contributed by atoms with Crippen LogP contribution in [-0.2, 0) is 0 Å². The Morgan fingerprint density at radius 1 is 0.727 bits per heavy atom. The van der Waals surface area contributed by atoms with Crippen molar-refractivity contribution in [1.29, 1.82) is 0 Å². The molecule has 4 rings (SSSR count). The summed E-state index contributed by atoms with van der Waals surface area (Å²) in [7, 11) is 2.14. The van der Waals surface area contributed by atoms with Gasteiger partial charge in [-0.2, -0.15) is 0 Å². The molecule has 0 N–H and O–H groups in total. The lowest BCUT2D eigenvalue weighted by atomic mass is 10.0. The summed E-state index contributed by atoms with van der Waals surface area (Å²) in [4.78, 5) is 2.27. The molecule has 106 valence electrons. The standard InChI is InChI=1S/C21H17N/c1-22-20-12-6-5-10-18(20)15-19-17(11-7-13-21(19)22)14-16-8-3-2-4-9-16/h2-15H,1H3. The summed E-state index contributed by atoms with van der Waals surface area (Å²) in [6, 6.07) is 25.5. The van der Waals surface area contributed by atoms with E-state index in [2.05, 4.69) is 90.8 Å². The molecule has 1 aliphatic heterocycles. The first kappa shape index (κ1) is 12.9. The van der Waals surface area contributed by atoms with Crippen LogP contribution in [0.25, 0.3) is 12.2 Å². The number of hydrogen-bond donors (Lipinski definition) is 0. The van der Waals surface area contributed by atoms with Crippen molar-refractivity contribution in [1.82, 2.24) is 0 Å². The van der Waals surface area contributed by atoms with E-state index in [4.69, 9.17) is 0 Å². The minimum atomic E-state index is 1.23. The molecule has 0 amide bonds. The van der Waals surface area contributed by atoms with Crippen LogP contribution >= 0.6 is 0 Å². The minimum Gasteiger partial charge on any atom is -0.344 e. The fourth-order valence-corrected chi connectivity index (χ4v) is 3.08. The molecule has 1 heterocycles. The Morgan fingerprint density at radius 2 is 1.45 bits per heavy atom. The van der Waals surface area contributed by atoms with Crippen molar-refractivity contribution in [3.8, 4) is 0 Å². The van der Waals surface area contributed by atoms with E-state index in [9.17, 15) is 0 Å². The minimum absolute atomic E-state index is 1.23. The molecule has 0 saturated carbocycles. The number of rotatable bonds is 1. The van der Waals surface area contributed by atoms with Crippen molar-refractivity contribution in [2.24, 2.45) is 0 Å². The second-order valence-corrected chi connectivity index (χ2v) is 5.60. The molecule has 0 unspecified atom stereocenters. The predicted octanol–water partition coefficient (Wildman–Crippen LogP) is 3.43. The van der Waals surface area contributed by atoms with Gasteiger partial charge in [-0.15, -0.1) is 0 Å². The highest BCUT2D eigenvalue weighted by Crippen LogP contribution is 2.28. The monoisotopic (exact) mass is 283 g/mol. The third-order valence-electron chi connectivity index (χ3n) is 4.20. The normalized spacial score (nSPS) is 13.3. The largest absolute Gasteiger partial charge is 0.344 e. The Labute approximate surface area is 130 Å². The van der Waals surface area contributed by atoms with E-state index < -0.39 is 0 Å². The Balaban J connectivity index is 2.02. The van der Waals surface area contributed by atoms with Gasteiger partial charge < -0.3 is 4.90 Å². The van der Waals surface area contributed by atoms with Gasteiger partial charge in [-0.3, -0.25) is 0 Å². The Hall–Kier alpha value is -2.80. The zero-order chi connectivity index (χ0) is 14.9. The van der Waals surface area contributed by atoms with Gasteiger partial charge in [0.15, 0.2) is 0 Å². The lowest BCUT2D eigenvalue weighted by Crippen LogP contribution is -2.33. The highest BCUT2D eigenvalue weighted by Gasteiger charge is 2.13. The fourth-order valence-electron chi connectivity index (χ4n) is 3.08. The third kappa shape index (κ3) is 2.11. The molecular weight excluding hydrogens is 266 g/mol. The maximum Gasteiger partial charge on any atom is 0.0488 e. The van der Waals surface area contributed by atoms with E-state index in [1.54, 1.807) is 0 Å². The molecule has 1 heteroatoms. The molecule has 0 saturated heterocycles. The number of nitrogens with zero attached hydrogens (tertiary/aromatic N) is 1. The van der Waals surface area contributed by atoms with Crippen molar-refractivity contribution in [2.75, 3.05) is 11.9 Å². The average molecular weight is 283 g/mol. The quantitative estimate of drug-likeness (QED) is 0.661. The van der Waals surface area contributed by atoms with Gasteiger partial charge in [-0.05, 0) is 40.6 Å². The van der Waals surface area contributed by atoms with Crippen LogP contribution in [0.5, 0.6) is 0 Å². The van der Waals surface area contributed by atoms with E-state index in [-0.39, 0.29) is 0 Å². The van der Waals surface area contributed by atoms with Gasteiger partial charge in [0, 0.05) is 23.6 Å². The van der Waals surface area contributed by atoms with Crippen LogP contribution in [0.3, 0.4) is 0 Å². The lowest BCUT2D eigenvalue weighted by molar-refractivity contribution is 1.17. The average Bonchev–Trinajstić information content (AvgIpc) is 2.57. The Kier molecular flexibility index (Phi) is 3.05. The lowest BCUT2D eigenvalue weighted by Gasteiger charge is -2.26. The summed E-state index contributed by atoms with van der Waals surface area (Å²) in [5.74, 6) is 0. The molecule has 0 bridgehead atoms. The van der Waals surface area contributed by atoms with Crippen molar-refractivity contribution >= 4 is 23.5 Å². The first-order valence-electron chi connectivity index (χ1n) is 7.53. The van der Waals surface area contributed by atoms with Crippen LogP contribution < -0.4 is 15.3 Å². The molecule has 0 atom stereocenters. The van der Waals surface area contributed by atoms with Crippen LogP contribution in [0.15, 0.2) is 72.8 Å². The molecule has 1 nitrogen and oxygen atoms in total. The van der Waals surface area contributed by atoms with Crippen LogP contribution in [0.2, 0.25) is 0 Å².